The Bertz CT molecular complexity index is 985. The van der Waals surface area contributed by atoms with Crippen LogP contribution in [0.2, 0.25) is 5.02 Å². The Morgan fingerprint density at radius 3 is 2.54 bits per heavy atom. The highest BCUT2D eigenvalue weighted by Crippen LogP contribution is 2.24. The van der Waals surface area contributed by atoms with E-state index >= 15 is 0 Å². The first-order valence-electron chi connectivity index (χ1n) is 7.90. The number of rotatable bonds is 5. The molecule has 1 heterocycles. The molecule has 2 aromatic carbocycles. The number of nitrogens with two attached hydrogens (primary N) is 1. The van der Waals surface area contributed by atoms with Crippen LogP contribution in [0.15, 0.2) is 52.4 Å². The number of nitrogens with zero attached hydrogens (tertiary/aromatic N) is 3. The lowest BCUT2D eigenvalue weighted by Crippen LogP contribution is -2.32. The minimum Gasteiger partial charge on any atom is -0.334 e. The van der Waals surface area contributed by atoms with E-state index in [1.54, 1.807) is 0 Å². The predicted molar refractivity (Wildman–Crippen MR) is 107 cm³/mol. The lowest BCUT2D eigenvalue weighted by molar-refractivity contribution is 0.705. The molecule has 0 saturated carbocycles. The van der Waals surface area contributed by atoms with E-state index in [4.69, 9.17) is 17.4 Å². The Balaban J connectivity index is 1.80. The van der Waals surface area contributed by atoms with Gasteiger partial charge in [-0.3, -0.25) is 4.79 Å². The molecule has 0 spiro atoms. The fraction of sp³-hybridized carbons (Fsp3) is 0.167. The molecule has 3 rings (SSSR count). The summed E-state index contributed by atoms with van der Waals surface area (Å²) >= 11 is 7.44. The van der Waals surface area contributed by atoms with Gasteiger partial charge in [0.25, 0.3) is 0 Å². The number of nitrogen functional groups attached to an aromatic ring is 1. The summed E-state index contributed by atoms with van der Waals surface area (Å²) in [5.41, 5.74) is 3.43. The van der Waals surface area contributed by atoms with Crippen LogP contribution >= 0.6 is 23.4 Å². The number of aryl methyl sites for hydroxylation is 2. The molecule has 8 heteroatoms. The topological polar surface area (TPSA) is 85.8 Å². The first kappa shape index (κ1) is 18.3. The van der Waals surface area contributed by atoms with Crippen molar-refractivity contribution in [3.05, 3.63) is 74.5 Å². The Morgan fingerprint density at radius 2 is 1.85 bits per heavy atom. The monoisotopic (exact) mass is 387 g/mol. The van der Waals surface area contributed by atoms with E-state index in [2.05, 4.69) is 15.5 Å². The Morgan fingerprint density at radius 1 is 1.15 bits per heavy atom. The van der Waals surface area contributed by atoms with E-state index in [0.29, 0.717) is 15.9 Å². The summed E-state index contributed by atoms with van der Waals surface area (Å²) in [6.07, 6.45) is 0. The van der Waals surface area contributed by atoms with E-state index in [1.165, 1.54) is 11.8 Å². The van der Waals surface area contributed by atoms with E-state index in [-0.39, 0.29) is 5.82 Å². The van der Waals surface area contributed by atoms with Crippen molar-refractivity contribution in [2.45, 2.75) is 24.8 Å². The molecular formula is C18H18ClN5OS. The average molecular weight is 388 g/mol. The van der Waals surface area contributed by atoms with Gasteiger partial charge < -0.3 is 11.2 Å². The summed E-state index contributed by atoms with van der Waals surface area (Å²) in [5, 5.41) is 12.0. The Labute approximate surface area is 160 Å². The highest BCUT2D eigenvalue weighted by Gasteiger charge is 2.12. The van der Waals surface area contributed by atoms with Crippen molar-refractivity contribution in [2.24, 2.45) is 0 Å². The summed E-state index contributed by atoms with van der Waals surface area (Å²) in [5.74, 6) is 6.53. The SMILES string of the molecule is Cc1cc(C)cc(Nc2nnc(SCc3ccccc3Cl)n(N)c2=O)c1. The maximum absolute atomic E-state index is 12.5. The fourth-order valence-corrected chi connectivity index (χ4v) is 3.64. The van der Waals surface area contributed by atoms with Crippen LogP contribution in [0.1, 0.15) is 16.7 Å². The summed E-state index contributed by atoms with van der Waals surface area (Å²) < 4.78 is 1.000. The zero-order valence-corrected chi connectivity index (χ0v) is 15.9. The van der Waals surface area contributed by atoms with Crippen LogP contribution in [0.4, 0.5) is 11.5 Å². The molecule has 0 aliphatic rings. The minimum atomic E-state index is -0.444. The van der Waals surface area contributed by atoms with E-state index in [1.807, 2.05) is 56.3 Å². The quantitative estimate of drug-likeness (QED) is 0.513. The van der Waals surface area contributed by atoms with E-state index in [0.717, 1.165) is 27.1 Å². The van der Waals surface area contributed by atoms with Crippen LogP contribution < -0.4 is 16.7 Å². The third-order valence-corrected chi connectivity index (χ3v) is 5.02. The molecule has 26 heavy (non-hydrogen) atoms. The zero-order chi connectivity index (χ0) is 18.7. The molecule has 0 saturated heterocycles. The molecule has 0 aliphatic carbocycles. The predicted octanol–water partition coefficient (Wildman–Crippen LogP) is 3.66. The number of aromatic nitrogens is 3. The highest BCUT2D eigenvalue weighted by atomic mass is 35.5. The maximum Gasteiger partial charge on any atom is 0.315 e. The number of hydrogen-bond donors (Lipinski definition) is 2. The summed E-state index contributed by atoms with van der Waals surface area (Å²) in [7, 11) is 0. The summed E-state index contributed by atoms with van der Waals surface area (Å²) in [6, 6.07) is 13.4. The number of nitrogens with one attached hydrogen (secondary N) is 1. The second-order valence-corrected chi connectivity index (χ2v) is 7.24. The molecule has 0 fully saturated rings. The van der Waals surface area contributed by atoms with E-state index < -0.39 is 5.56 Å². The lowest BCUT2D eigenvalue weighted by atomic mass is 10.1. The molecular weight excluding hydrogens is 370 g/mol. The van der Waals surface area contributed by atoms with Gasteiger partial charge in [-0.25, -0.2) is 0 Å². The van der Waals surface area contributed by atoms with Crippen molar-refractivity contribution in [1.29, 1.82) is 0 Å². The van der Waals surface area contributed by atoms with Crippen molar-refractivity contribution in [2.75, 3.05) is 11.2 Å². The van der Waals surface area contributed by atoms with Crippen LogP contribution in [-0.4, -0.2) is 14.9 Å². The number of halogens is 1. The average Bonchev–Trinajstić information content (AvgIpc) is 2.59. The second-order valence-electron chi connectivity index (χ2n) is 5.89. The normalized spacial score (nSPS) is 10.7. The van der Waals surface area contributed by atoms with E-state index in [9.17, 15) is 4.79 Å². The summed E-state index contributed by atoms with van der Waals surface area (Å²) in [6.45, 7) is 3.97. The van der Waals surface area contributed by atoms with Gasteiger partial charge in [-0.1, -0.05) is 47.6 Å². The number of benzene rings is 2. The molecule has 0 amide bonds. The maximum atomic E-state index is 12.5. The minimum absolute atomic E-state index is 0.0830. The van der Waals surface area contributed by atoms with Crippen LogP contribution in [0, 0.1) is 13.8 Å². The molecule has 0 aliphatic heterocycles. The van der Waals surface area contributed by atoms with Gasteiger partial charge in [-0.2, -0.15) is 4.68 Å². The Hall–Kier alpha value is -2.51. The van der Waals surface area contributed by atoms with Gasteiger partial charge in [0.2, 0.25) is 11.0 Å². The molecule has 3 aromatic rings. The van der Waals surface area contributed by atoms with Gasteiger partial charge in [0.05, 0.1) is 0 Å². The molecule has 3 N–H and O–H groups in total. The van der Waals surface area contributed by atoms with Gasteiger partial charge in [0.1, 0.15) is 0 Å². The molecule has 6 nitrogen and oxygen atoms in total. The summed E-state index contributed by atoms with van der Waals surface area (Å²) in [4.78, 5) is 12.5. The number of hydrogen-bond acceptors (Lipinski definition) is 6. The van der Waals surface area contributed by atoms with Gasteiger partial charge in [-0.05, 0) is 48.7 Å². The Kier molecular flexibility index (Phi) is 5.49. The largest absolute Gasteiger partial charge is 0.334 e. The van der Waals surface area contributed by atoms with Crippen LogP contribution in [0.25, 0.3) is 0 Å². The third-order valence-electron chi connectivity index (χ3n) is 3.66. The first-order valence-corrected chi connectivity index (χ1v) is 9.27. The van der Waals surface area contributed by atoms with Crippen LogP contribution in [-0.2, 0) is 5.75 Å². The van der Waals surface area contributed by atoms with Gasteiger partial charge in [0.15, 0.2) is 0 Å². The van der Waals surface area contributed by atoms with Crippen molar-refractivity contribution >= 4 is 34.9 Å². The standard InChI is InChI=1S/C18H18ClN5OS/c1-11-7-12(2)9-14(8-11)21-16-17(25)24(20)18(23-22-16)26-10-13-5-3-4-6-15(13)19/h3-9H,10,20H2,1-2H3,(H,21,22). The second kappa shape index (κ2) is 7.80. The molecule has 134 valence electrons. The smallest absolute Gasteiger partial charge is 0.315 e. The van der Waals surface area contributed by atoms with Crippen molar-refractivity contribution in [3.8, 4) is 0 Å². The molecule has 0 atom stereocenters. The number of anilines is 2. The van der Waals surface area contributed by atoms with Crippen LogP contribution in [0.3, 0.4) is 0 Å². The van der Waals surface area contributed by atoms with Gasteiger partial charge >= 0.3 is 5.56 Å². The first-order chi connectivity index (χ1) is 12.4. The number of thioether (sulfide) groups is 1. The molecule has 0 radical (unpaired) electrons. The van der Waals surface area contributed by atoms with Crippen molar-refractivity contribution in [1.82, 2.24) is 14.9 Å². The molecule has 0 bridgehead atoms. The highest BCUT2D eigenvalue weighted by molar-refractivity contribution is 7.98. The zero-order valence-electron chi connectivity index (χ0n) is 14.4. The van der Waals surface area contributed by atoms with Crippen molar-refractivity contribution < 1.29 is 0 Å². The lowest BCUT2D eigenvalue weighted by Gasteiger charge is -2.10. The third kappa shape index (κ3) is 4.17. The van der Waals surface area contributed by atoms with Gasteiger partial charge in [0, 0.05) is 16.5 Å². The molecule has 1 aromatic heterocycles. The molecule has 0 unspecified atom stereocenters. The van der Waals surface area contributed by atoms with Gasteiger partial charge in [-0.15, -0.1) is 10.2 Å². The fourth-order valence-electron chi connectivity index (χ4n) is 2.50. The van der Waals surface area contributed by atoms with Crippen molar-refractivity contribution in [3.63, 3.8) is 0 Å². The van der Waals surface area contributed by atoms with Crippen LogP contribution in [0.5, 0.6) is 0 Å².